The van der Waals surface area contributed by atoms with Gasteiger partial charge in [-0.25, -0.2) is 4.79 Å². The monoisotopic (exact) mass is 632 g/mol. The fraction of sp³-hybridized carbons (Fsp3) is 0.697. The van der Waals surface area contributed by atoms with Crippen LogP contribution < -0.4 is 21.3 Å². The lowest BCUT2D eigenvalue weighted by Gasteiger charge is -2.38. The molecule has 12 heteroatoms. The summed E-state index contributed by atoms with van der Waals surface area (Å²) in [5.74, 6) is -3.12. The Morgan fingerprint density at radius 2 is 1.49 bits per heavy atom. The highest BCUT2D eigenvalue weighted by atomic mass is 16.2. The Hall–Kier alpha value is -3.70. The first kappa shape index (κ1) is 39.3. The third-order valence-electron chi connectivity index (χ3n) is 7.99. The molecule has 0 aliphatic carbocycles. The van der Waals surface area contributed by atoms with Crippen molar-refractivity contribution in [2.45, 2.75) is 112 Å². The minimum absolute atomic E-state index is 0.0825. The van der Waals surface area contributed by atoms with E-state index < -0.39 is 64.5 Å². The van der Waals surface area contributed by atoms with Crippen molar-refractivity contribution in [3.8, 4) is 0 Å². The number of nitrogens with zero attached hydrogens (tertiary/aromatic N) is 2. The molecule has 45 heavy (non-hydrogen) atoms. The lowest BCUT2D eigenvalue weighted by Crippen LogP contribution is -2.62. The average Bonchev–Trinajstić information content (AvgIpc) is 3.39. The van der Waals surface area contributed by atoms with E-state index in [-0.39, 0.29) is 43.8 Å². The van der Waals surface area contributed by atoms with Gasteiger partial charge in [0.25, 0.3) is 5.91 Å². The summed E-state index contributed by atoms with van der Waals surface area (Å²) in [4.78, 5) is 82.5. The number of carbonyl (C=O) groups is 6. The molecule has 1 aliphatic rings. The molecule has 1 aliphatic heterocycles. The van der Waals surface area contributed by atoms with Gasteiger partial charge in [-0.2, -0.15) is 0 Å². The van der Waals surface area contributed by atoms with E-state index in [0.717, 1.165) is 0 Å². The maximum absolute atomic E-state index is 14.1. The Balaban J connectivity index is 3.29. The van der Waals surface area contributed by atoms with Gasteiger partial charge in [-0.15, -0.1) is 13.2 Å². The first-order chi connectivity index (χ1) is 20.7. The number of hydrogen-bond acceptors (Lipinski definition) is 6. The van der Waals surface area contributed by atoms with Crippen molar-refractivity contribution in [1.82, 2.24) is 31.1 Å². The van der Waals surface area contributed by atoms with Gasteiger partial charge in [-0.1, -0.05) is 67.0 Å². The normalized spacial score (nSPS) is 18.7. The second-order valence-corrected chi connectivity index (χ2v) is 14.2. The zero-order valence-electron chi connectivity index (χ0n) is 28.9. The predicted molar refractivity (Wildman–Crippen MR) is 175 cm³/mol. The number of nitrogens with one attached hydrogen (secondary N) is 4. The van der Waals surface area contributed by atoms with Crippen LogP contribution in [0, 0.1) is 16.7 Å². The van der Waals surface area contributed by atoms with Gasteiger partial charge in [0.15, 0.2) is 0 Å². The molecule has 0 saturated carbocycles. The molecule has 0 bridgehead atoms. The zero-order chi connectivity index (χ0) is 34.9. The van der Waals surface area contributed by atoms with Crippen molar-refractivity contribution >= 4 is 35.4 Å². The highest BCUT2D eigenvalue weighted by Gasteiger charge is 2.45. The van der Waals surface area contributed by atoms with Crippen molar-refractivity contribution in [1.29, 1.82) is 0 Å². The molecule has 0 aromatic heterocycles. The Morgan fingerprint density at radius 1 is 0.933 bits per heavy atom. The molecule has 5 atom stereocenters. The molecule has 0 aromatic rings. The smallest absolute Gasteiger partial charge is 0.316 e. The summed E-state index contributed by atoms with van der Waals surface area (Å²) in [7, 11) is 1.67. The minimum Gasteiger partial charge on any atom is -0.346 e. The number of carbonyl (C=O) groups excluding carboxylic acids is 6. The van der Waals surface area contributed by atoms with Crippen LogP contribution in [0.5, 0.6) is 0 Å². The molecule has 12 nitrogen and oxygen atoms in total. The van der Waals surface area contributed by atoms with Gasteiger partial charge in [0.2, 0.25) is 23.5 Å². The van der Waals surface area contributed by atoms with Crippen LogP contribution in [-0.4, -0.2) is 95.6 Å². The van der Waals surface area contributed by atoms with E-state index in [2.05, 4.69) is 34.4 Å². The molecular formula is C33H56N6O6. The second kappa shape index (κ2) is 16.6. The Morgan fingerprint density at radius 3 is 1.96 bits per heavy atom. The average molecular weight is 633 g/mol. The Kier molecular flexibility index (Phi) is 14.5. The highest BCUT2D eigenvalue weighted by molar-refractivity contribution is 6.38. The number of Topliss-reactive ketones (excluding diaryl/α,β-unsaturated/α-hetero) is 1. The third-order valence-corrected chi connectivity index (χ3v) is 7.99. The molecule has 0 radical (unpaired) electrons. The van der Waals surface area contributed by atoms with Gasteiger partial charge in [0.1, 0.15) is 18.1 Å². The summed E-state index contributed by atoms with van der Waals surface area (Å²) in [5, 5.41) is 10.7. The van der Waals surface area contributed by atoms with Gasteiger partial charge in [0.05, 0.1) is 6.04 Å². The standard InChI is InChI=1S/C33H56N6O6/c1-13-16-22(24(40)28(42)34-17-14-2)35-27(41)23-18-21(15-3)19-39(23)30(44)26(33(9,10)11)37-31(45)36-25(32(6,7)8)29(43)38(12)20(4)5/h14-15,20-23,25-26H,2-3,13,16-19H2,1,4-12H3,(H,34,42)(H,35,41)(H2,36,37,45)/t21-,22?,23+,25-,26-/m1/s1. The fourth-order valence-electron chi connectivity index (χ4n) is 4.99. The van der Waals surface area contributed by atoms with Crippen LogP contribution in [0.1, 0.15) is 81.6 Å². The van der Waals surface area contributed by atoms with E-state index in [1.807, 2.05) is 41.5 Å². The van der Waals surface area contributed by atoms with E-state index in [0.29, 0.717) is 6.42 Å². The molecular weight excluding hydrogens is 576 g/mol. The van der Waals surface area contributed by atoms with Crippen molar-refractivity contribution < 1.29 is 28.8 Å². The van der Waals surface area contributed by atoms with Gasteiger partial charge in [-0.05, 0) is 43.4 Å². The van der Waals surface area contributed by atoms with Gasteiger partial charge < -0.3 is 31.1 Å². The van der Waals surface area contributed by atoms with Crippen LogP contribution in [0.15, 0.2) is 25.3 Å². The number of amides is 6. The number of rotatable bonds is 14. The van der Waals surface area contributed by atoms with E-state index in [4.69, 9.17) is 0 Å². The summed E-state index contributed by atoms with van der Waals surface area (Å²) in [5.41, 5.74) is -1.40. The van der Waals surface area contributed by atoms with Crippen LogP contribution >= 0.6 is 0 Å². The predicted octanol–water partition coefficient (Wildman–Crippen LogP) is 2.54. The summed E-state index contributed by atoms with van der Waals surface area (Å²) in [6.07, 6.45) is 4.15. The third kappa shape index (κ3) is 11.0. The summed E-state index contributed by atoms with van der Waals surface area (Å²) < 4.78 is 0. The molecule has 0 spiro atoms. The maximum Gasteiger partial charge on any atom is 0.316 e. The number of urea groups is 1. The summed E-state index contributed by atoms with van der Waals surface area (Å²) in [6.45, 7) is 24.2. The van der Waals surface area contributed by atoms with E-state index in [1.165, 1.54) is 11.0 Å². The van der Waals surface area contributed by atoms with Crippen molar-refractivity contribution in [3.05, 3.63) is 25.3 Å². The van der Waals surface area contributed by atoms with Crippen LogP contribution in [0.25, 0.3) is 0 Å². The minimum atomic E-state index is -1.06. The fourth-order valence-corrected chi connectivity index (χ4v) is 4.99. The first-order valence-corrected chi connectivity index (χ1v) is 15.7. The van der Waals surface area contributed by atoms with Crippen molar-refractivity contribution in [2.75, 3.05) is 20.1 Å². The molecule has 1 unspecified atom stereocenters. The largest absolute Gasteiger partial charge is 0.346 e. The molecule has 6 amide bonds. The van der Waals surface area contributed by atoms with E-state index in [9.17, 15) is 28.8 Å². The van der Waals surface area contributed by atoms with Gasteiger partial charge in [0, 0.05) is 26.2 Å². The zero-order valence-corrected chi connectivity index (χ0v) is 28.9. The highest BCUT2D eigenvalue weighted by Crippen LogP contribution is 2.29. The molecule has 1 saturated heterocycles. The SMILES string of the molecule is C=CCNC(=O)C(=O)C(CCC)NC(=O)[C@@H]1C[C@@H](C=C)CN1C(=O)[C@@H](NC(=O)N[C@H](C(=O)N(C)C(C)C)C(C)(C)C)C(C)(C)C. The lowest BCUT2D eigenvalue weighted by atomic mass is 9.85. The summed E-state index contributed by atoms with van der Waals surface area (Å²) >= 11 is 0. The van der Waals surface area contributed by atoms with Crippen LogP contribution in [0.2, 0.25) is 0 Å². The molecule has 1 heterocycles. The molecule has 4 N–H and O–H groups in total. The molecule has 254 valence electrons. The quantitative estimate of drug-likeness (QED) is 0.170. The van der Waals surface area contributed by atoms with Crippen LogP contribution in [-0.2, 0) is 24.0 Å². The van der Waals surface area contributed by atoms with E-state index in [1.54, 1.807) is 38.8 Å². The van der Waals surface area contributed by atoms with Gasteiger partial charge >= 0.3 is 6.03 Å². The first-order valence-electron chi connectivity index (χ1n) is 15.7. The van der Waals surface area contributed by atoms with Crippen LogP contribution in [0.3, 0.4) is 0 Å². The topological polar surface area (TPSA) is 157 Å². The molecule has 1 rings (SSSR count). The molecule has 0 aromatic carbocycles. The Labute approximate surface area is 269 Å². The number of likely N-dealkylation sites (N-methyl/N-ethyl adjacent to an activating group) is 1. The van der Waals surface area contributed by atoms with E-state index >= 15 is 0 Å². The number of likely N-dealkylation sites (tertiary alicyclic amines) is 1. The van der Waals surface area contributed by atoms with Gasteiger partial charge in [-0.3, -0.25) is 24.0 Å². The molecule has 1 fully saturated rings. The van der Waals surface area contributed by atoms with Crippen molar-refractivity contribution in [2.24, 2.45) is 16.7 Å². The summed E-state index contributed by atoms with van der Waals surface area (Å²) in [6, 6.07) is -4.72. The number of hydrogen-bond donors (Lipinski definition) is 4. The lowest BCUT2D eigenvalue weighted by molar-refractivity contribution is -0.143. The second-order valence-electron chi connectivity index (χ2n) is 14.2. The number of ketones is 1. The Bertz CT molecular complexity index is 1120. The maximum atomic E-state index is 14.1. The van der Waals surface area contributed by atoms with Crippen LogP contribution in [0.4, 0.5) is 4.79 Å². The van der Waals surface area contributed by atoms with Crippen molar-refractivity contribution in [3.63, 3.8) is 0 Å².